The van der Waals surface area contributed by atoms with Crippen molar-refractivity contribution in [1.29, 1.82) is 0 Å². The molecule has 1 aromatic heterocycles. The highest BCUT2D eigenvalue weighted by Crippen LogP contribution is 2.23. The van der Waals surface area contributed by atoms with Crippen molar-refractivity contribution in [2.45, 2.75) is 45.7 Å². The van der Waals surface area contributed by atoms with Crippen molar-refractivity contribution in [3.05, 3.63) is 5.82 Å². The van der Waals surface area contributed by atoms with Gasteiger partial charge in [0.05, 0.1) is 6.04 Å². The zero-order valence-corrected chi connectivity index (χ0v) is 10.2. The van der Waals surface area contributed by atoms with Crippen LogP contribution in [0.2, 0.25) is 0 Å². The van der Waals surface area contributed by atoms with Crippen LogP contribution in [0.1, 0.15) is 45.0 Å². The predicted molar refractivity (Wildman–Crippen MR) is 64.5 cm³/mol. The van der Waals surface area contributed by atoms with Crippen molar-refractivity contribution in [3.63, 3.8) is 0 Å². The third-order valence-electron chi connectivity index (χ3n) is 3.05. The monoisotopic (exact) mass is 223 g/mol. The van der Waals surface area contributed by atoms with Crippen molar-refractivity contribution < 1.29 is 0 Å². The summed E-state index contributed by atoms with van der Waals surface area (Å²) < 4.78 is 2.17. The Kier molecular flexibility index (Phi) is 3.77. The molecule has 0 spiro atoms. The van der Waals surface area contributed by atoms with Crippen LogP contribution in [0.15, 0.2) is 0 Å². The molecule has 0 aliphatic carbocycles. The Morgan fingerprint density at radius 1 is 1.38 bits per heavy atom. The van der Waals surface area contributed by atoms with Gasteiger partial charge >= 0.3 is 0 Å². The maximum absolute atomic E-state index is 4.32. The van der Waals surface area contributed by atoms with E-state index in [1.54, 1.807) is 0 Å². The molecule has 2 heterocycles. The van der Waals surface area contributed by atoms with Gasteiger partial charge in [-0.15, -0.1) is 10.2 Å². The molecule has 2 N–H and O–H groups in total. The van der Waals surface area contributed by atoms with Gasteiger partial charge in [0.25, 0.3) is 0 Å². The van der Waals surface area contributed by atoms with Crippen LogP contribution in [-0.4, -0.2) is 27.9 Å². The molecule has 0 radical (unpaired) electrons. The van der Waals surface area contributed by atoms with Gasteiger partial charge in [-0.25, -0.2) is 0 Å². The summed E-state index contributed by atoms with van der Waals surface area (Å²) in [4.78, 5) is 0. The van der Waals surface area contributed by atoms with Crippen molar-refractivity contribution in [1.82, 2.24) is 20.1 Å². The molecule has 1 atom stereocenters. The third kappa shape index (κ3) is 2.19. The van der Waals surface area contributed by atoms with E-state index in [0.717, 1.165) is 31.4 Å². The topological polar surface area (TPSA) is 54.8 Å². The minimum absolute atomic E-state index is 0.383. The molecule has 1 aliphatic heterocycles. The number of rotatable bonds is 4. The second kappa shape index (κ2) is 5.30. The first-order valence-corrected chi connectivity index (χ1v) is 6.27. The van der Waals surface area contributed by atoms with Gasteiger partial charge in [0.1, 0.15) is 0 Å². The van der Waals surface area contributed by atoms with Crippen molar-refractivity contribution in [2.75, 3.05) is 18.4 Å². The number of nitrogens with one attached hydrogen (secondary N) is 2. The van der Waals surface area contributed by atoms with E-state index in [4.69, 9.17) is 0 Å². The Bertz CT molecular complexity index is 327. The molecule has 90 valence electrons. The lowest BCUT2D eigenvalue weighted by Gasteiger charge is -2.23. The molecule has 2 rings (SSSR count). The highest BCUT2D eigenvalue weighted by Gasteiger charge is 2.21. The van der Waals surface area contributed by atoms with Crippen molar-refractivity contribution >= 4 is 5.95 Å². The van der Waals surface area contributed by atoms with Gasteiger partial charge in [-0.05, 0) is 33.2 Å². The predicted octanol–water partition coefficient (Wildman–Crippen LogP) is 1.54. The number of piperidine rings is 1. The van der Waals surface area contributed by atoms with Crippen LogP contribution >= 0.6 is 0 Å². The minimum atomic E-state index is 0.383. The summed E-state index contributed by atoms with van der Waals surface area (Å²) in [7, 11) is 0. The van der Waals surface area contributed by atoms with E-state index in [1.807, 2.05) is 0 Å². The number of anilines is 1. The summed E-state index contributed by atoms with van der Waals surface area (Å²) in [5.74, 6) is 1.98. The zero-order valence-electron chi connectivity index (χ0n) is 10.2. The van der Waals surface area contributed by atoms with E-state index in [9.17, 15) is 0 Å². The van der Waals surface area contributed by atoms with Gasteiger partial charge in [-0.1, -0.05) is 6.42 Å². The van der Waals surface area contributed by atoms with Crippen LogP contribution in [-0.2, 0) is 6.54 Å². The third-order valence-corrected chi connectivity index (χ3v) is 3.05. The normalized spacial score (nSPS) is 21.0. The summed E-state index contributed by atoms with van der Waals surface area (Å²) in [5.41, 5.74) is 0. The van der Waals surface area contributed by atoms with E-state index in [-0.39, 0.29) is 0 Å². The lowest BCUT2D eigenvalue weighted by Crippen LogP contribution is -2.29. The first-order valence-electron chi connectivity index (χ1n) is 6.27. The van der Waals surface area contributed by atoms with Gasteiger partial charge in [0.2, 0.25) is 5.95 Å². The molecule has 0 amide bonds. The molecule has 5 heteroatoms. The molecule has 0 aromatic carbocycles. The van der Waals surface area contributed by atoms with Gasteiger partial charge < -0.3 is 10.6 Å². The van der Waals surface area contributed by atoms with E-state index in [0.29, 0.717) is 6.04 Å². The van der Waals surface area contributed by atoms with Crippen LogP contribution < -0.4 is 10.6 Å². The average Bonchev–Trinajstić information content (AvgIpc) is 2.73. The quantitative estimate of drug-likeness (QED) is 0.813. The van der Waals surface area contributed by atoms with Crippen LogP contribution in [0.4, 0.5) is 5.95 Å². The fourth-order valence-electron chi connectivity index (χ4n) is 2.25. The number of nitrogens with zero attached hydrogens (tertiary/aromatic N) is 3. The van der Waals surface area contributed by atoms with Crippen LogP contribution in [0.3, 0.4) is 0 Å². The molecular formula is C11H21N5. The maximum Gasteiger partial charge on any atom is 0.224 e. The Balaban J connectivity index is 2.18. The zero-order chi connectivity index (χ0) is 11.4. The fraction of sp³-hybridized carbons (Fsp3) is 0.818. The summed E-state index contributed by atoms with van der Waals surface area (Å²) >= 11 is 0. The van der Waals surface area contributed by atoms with Gasteiger partial charge in [0, 0.05) is 13.1 Å². The molecule has 1 saturated heterocycles. The van der Waals surface area contributed by atoms with Gasteiger partial charge in [-0.3, -0.25) is 4.57 Å². The minimum Gasteiger partial charge on any atom is -0.355 e. The van der Waals surface area contributed by atoms with E-state index in [2.05, 4.69) is 39.2 Å². The number of hydrogen-bond acceptors (Lipinski definition) is 4. The molecule has 5 nitrogen and oxygen atoms in total. The molecule has 1 fully saturated rings. The smallest absolute Gasteiger partial charge is 0.224 e. The summed E-state index contributed by atoms with van der Waals surface area (Å²) in [6.45, 7) is 7.11. The Hall–Kier alpha value is -1.10. The average molecular weight is 223 g/mol. The second-order valence-corrected chi connectivity index (χ2v) is 4.16. The largest absolute Gasteiger partial charge is 0.355 e. The van der Waals surface area contributed by atoms with E-state index >= 15 is 0 Å². The lowest BCUT2D eigenvalue weighted by atomic mass is 10.0. The van der Waals surface area contributed by atoms with Crippen molar-refractivity contribution in [3.8, 4) is 0 Å². The Morgan fingerprint density at radius 3 is 2.88 bits per heavy atom. The molecule has 16 heavy (non-hydrogen) atoms. The molecule has 0 bridgehead atoms. The summed E-state index contributed by atoms with van der Waals surface area (Å²) in [5, 5.41) is 15.3. The SMILES string of the molecule is CCNc1nnc([C@H]2CCCCN2)n1CC. The fourth-order valence-corrected chi connectivity index (χ4v) is 2.25. The van der Waals surface area contributed by atoms with Gasteiger partial charge in [-0.2, -0.15) is 0 Å². The molecular weight excluding hydrogens is 202 g/mol. The number of aromatic nitrogens is 3. The van der Waals surface area contributed by atoms with Crippen molar-refractivity contribution in [2.24, 2.45) is 0 Å². The highest BCUT2D eigenvalue weighted by molar-refractivity contribution is 5.26. The molecule has 0 saturated carbocycles. The van der Waals surface area contributed by atoms with Crippen LogP contribution in [0, 0.1) is 0 Å². The maximum atomic E-state index is 4.32. The molecule has 0 unspecified atom stereocenters. The summed E-state index contributed by atoms with van der Waals surface area (Å²) in [6.07, 6.45) is 3.73. The van der Waals surface area contributed by atoms with Crippen LogP contribution in [0.25, 0.3) is 0 Å². The van der Waals surface area contributed by atoms with Crippen LogP contribution in [0.5, 0.6) is 0 Å². The number of hydrogen-bond donors (Lipinski definition) is 2. The standard InChI is InChI=1S/C11H21N5/c1-3-12-11-15-14-10(16(11)4-2)9-7-5-6-8-13-9/h9,13H,3-8H2,1-2H3,(H,12,15)/t9-/m1/s1. The first-order chi connectivity index (χ1) is 7.86. The lowest BCUT2D eigenvalue weighted by molar-refractivity contribution is 0.386. The second-order valence-electron chi connectivity index (χ2n) is 4.16. The van der Waals surface area contributed by atoms with Gasteiger partial charge in [0.15, 0.2) is 5.82 Å². The Labute approximate surface area is 96.6 Å². The molecule has 1 aliphatic rings. The van der Waals surface area contributed by atoms with E-state index in [1.165, 1.54) is 19.3 Å². The highest BCUT2D eigenvalue weighted by atomic mass is 15.4. The summed E-state index contributed by atoms with van der Waals surface area (Å²) in [6, 6.07) is 0.383. The Morgan fingerprint density at radius 2 is 2.25 bits per heavy atom. The molecule has 1 aromatic rings. The first kappa shape index (κ1) is 11.4. The van der Waals surface area contributed by atoms with E-state index < -0.39 is 0 Å².